The van der Waals surface area contributed by atoms with Gasteiger partial charge in [-0.25, -0.2) is 0 Å². The van der Waals surface area contributed by atoms with Crippen LogP contribution in [0.2, 0.25) is 0 Å². The number of aliphatic hydroxyl groups is 1. The Morgan fingerprint density at radius 1 is 0.900 bits per heavy atom. The molecule has 0 amide bonds. The van der Waals surface area contributed by atoms with Gasteiger partial charge in [-0.05, 0) is 24.8 Å². The van der Waals surface area contributed by atoms with Crippen LogP contribution in [0, 0.1) is 5.92 Å². The Kier molecular flexibility index (Phi) is 8.36. The molecule has 0 heterocycles. The summed E-state index contributed by atoms with van der Waals surface area (Å²) in [6.07, 6.45) is 8.73. The fourth-order valence-electron chi connectivity index (χ4n) is 2.76. The predicted molar refractivity (Wildman–Crippen MR) is 84.8 cm³/mol. The number of para-hydroxylation sites is 1. The molecule has 2 N–H and O–H groups in total. The normalized spacial score (nSPS) is 12.8. The van der Waals surface area contributed by atoms with Crippen molar-refractivity contribution in [2.24, 2.45) is 5.92 Å². The molecule has 0 spiro atoms. The lowest BCUT2D eigenvalue weighted by Crippen LogP contribution is -2.13. The first-order valence-corrected chi connectivity index (χ1v) is 8.16. The quantitative estimate of drug-likeness (QED) is 0.577. The summed E-state index contributed by atoms with van der Waals surface area (Å²) in [7, 11) is 0. The van der Waals surface area contributed by atoms with Gasteiger partial charge in [0.1, 0.15) is 5.75 Å². The van der Waals surface area contributed by atoms with Gasteiger partial charge in [-0.15, -0.1) is 0 Å². The molecular formula is C18H30O2. The molecule has 0 bridgehead atoms. The van der Waals surface area contributed by atoms with Crippen molar-refractivity contribution >= 4 is 0 Å². The Morgan fingerprint density at radius 3 is 1.95 bits per heavy atom. The SMILES string of the molecule is CCCCCC(CCCCC)C(O)c1ccccc1O. The number of phenolic OH excluding ortho intramolecular Hbond substituents is 1. The molecule has 1 atom stereocenters. The zero-order valence-electron chi connectivity index (χ0n) is 13.0. The predicted octanol–water partition coefficient (Wildman–Crippen LogP) is 5.20. The Labute approximate surface area is 123 Å². The smallest absolute Gasteiger partial charge is 0.121 e. The lowest BCUT2D eigenvalue weighted by molar-refractivity contribution is 0.0916. The van der Waals surface area contributed by atoms with Crippen molar-refractivity contribution in [2.75, 3.05) is 0 Å². The number of phenols is 1. The maximum absolute atomic E-state index is 10.6. The molecule has 20 heavy (non-hydrogen) atoms. The third-order valence-corrected chi connectivity index (χ3v) is 4.06. The first-order chi connectivity index (χ1) is 9.70. The lowest BCUT2D eigenvalue weighted by Gasteiger charge is -2.24. The minimum absolute atomic E-state index is 0.219. The van der Waals surface area contributed by atoms with Crippen molar-refractivity contribution in [3.63, 3.8) is 0 Å². The second kappa shape index (κ2) is 9.82. The van der Waals surface area contributed by atoms with E-state index in [2.05, 4.69) is 13.8 Å². The number of unbranched alkanes of at least 4 members (excludes halogenated alkanes) is 4. The first kappa shape index (κ1) is 17.0. The van der Waals surface area contributed by atoms with E-state index in [0.717, 1.165) is 25.7 Å². The van der Waals surface area contributed by atoms with Gasteiger partial charge in [0.25, 0.3) is 0 Å². The molecule has 0 saturated heterocycles. The van der Waals surface area contributed by atoms with Gasteiger partial charge in [-0.2, -0.15) is 0 Å². The van der Waals surface area contributed by atoms with Crippen molar-refractivity contribution in [3.05, 3.63) is 29.8 Å². The van der Waals surface area contributed by atoms with Crippen molar-refractivity contribution < 1.29 is 10.2 Å². The van der Waals surface area contributed by atoms with Crippen LogP contribution in [-0.4, -0.2) is 10.2 Å². The van der Waals surface area contributed by atoms with E-state index in [0.29, 0.717) is 5.56 Å². The van der Waals surface area contributed by atoms with Gasteiger partial charge >= 0.3 is 0 Å². The Morgan fingerprint density at radius 2 is 1.45 bits per heavy atom. The topological polar surface area (TPSA) is 40.5 Å². The average molecular weight is 278 g/mol. The molecule has 2 heteroatoms. The van der Waals surface area contributed by atoms with E-state index in [-0.39, 0.29) is 11.7 Å². The Hall–Kier alpha value is -1.02. The van der Waals surface area contributed by atoms with Crippen LogP contribution in [-0.2, 0) is 0 Å². The van der Waals surface area contributed by atoms with Crippen LogP contribution in [0.25, 0.3) is 0 Å². The molecule has 0 fully saturated rings. The van der Waals surface area contributed by atoms with Crippen LogP contribution in [0.3, 0.4) is 0 Å². The molecule has 1 aromatic carbocycles. The van der Waals surface area contributed by atoms with Crippen molar-refractivity contribution in [2.45, 2.75) is 71.3 Å². The summed E-state index contributed by atoms with van der Waals surface area (Å²) in [4.78, 5) is 0. The van der Waals surface area contributed by atoms with Crippen LogP contribution in [0.4, 0.5) is 0 Å². The van der Waals surface area contributed by atoms with Crippen LogP contribution in [0.1, 0.15) is 76.9 Å². The number of rotatable bonds is 10. The second-order valence-corrected chi connectivity index (χ2v) is 5.76. The molecular weight excluding hydrogens is 248 g/mol. The Bertz CT molecular complexity index is 352. The second-order valence-electron chi connectivity index (χ2n) is 5.76. The van der Waals surface area contributed by atoms with Crippen LogP contribution in [0.5, 0.6) is 5.75 Å². The number of benzene rings is 1. The van der Waals surface area contributed by atoms with E-state index in [1.807, 2.05) is 12.1 Å². The molecule has 0 aliphatic heterocycles. The van der Waals surface area contributed by atoms with Gasteiger partial charge in [0.05, 0.1) is 6.10 Å². The molecule has 114 valence electrons. The number of hydrogen-bond donors (Lipinski definition) is 2. The van der Waals surface area contributed by atoms with Crippen molar-refractivity contribution in [3.8, 4) is 5.75 Å². The average Bonchev–Trinajstić information content (AvgIpc) is 2.46. The van der Waals surface area contributed by atoms with Crippen LogP contribution >= 0.6 is 0 Å². The molecule has 0 aliphatic carbocycles. The van der Waals surface area contributed by atoms with E-state index in [4.69, 9.17) is 0 Å². The number of aliphatic hydroxyl groups excluding tert-OH is 1. The first-order valence-electron chi connectivity index (χ1n) is 8.16. The lowest BCUT2D eigenvalue weighted by atomic mass is 9.86. The third kappa shape index (κ3) is 5.54. The van der Waals surface area contributed by atoms with E-state index in [9.17, 15) is 10.2 Å². The summed E-state index contributed by atoms with van der Waals surface area (Å²) in [5.41, 5.74) is 0.686. The maximum atomic E-state index is 10.6. The summed E-state index contributed by atoms with van der Waals surface area (Å²) in [6.45, 7) is 4.40. The molecule has 0 saturated carbocycles. The Balaban J connectivity index is 2.66. The molecule has 0 radical (unpaired) electrons. The standard InChI is InChI=1S/C18H30O2/c1-3-5-7-11-15(12-8-6-4-2)18(20)16-13-9-10-14-17(16)19/h9-10,13-15,18-20H,3-8,11-12H2,1-2H3. The monoisotopic (exact) mass is 278 g/mol. The van der Waals surface area contributed by atoms with E-state index in [1.165, 1.54) is 25.7 Å². The minimum atomic E-state index is -0.537. The number of aromatic hydroxyl groups is 1. The zero-order chi connectivity index (χ0) is 14.8. The van der Waals surface area contributed by atoms with E-state index >= 15 is 0 Å². The minimum Gasteiger partial charge on any atom is -0.508 e. The summed E-state index contributed by atoms with van der Waals surface area (Å²) in [5.74, 6) is 0.484. The largest absolute Gasteiger partial charge is 0.508 e. The van der Waals surface area contributed by atoms with Gasteiger partial charge in [-0.1, -0.05) is 70.6 Å². The number of hydrogen-bond acceptors (Lipinski definition) is 2. The van der Waals surface area contributed by atoms with Gasteiger partial charge in [0.15, 0.2) is 0 Å². The van der Waals surface area contributed by atoms with Gasteiger partial charge < -0.3 is 10.2 Å². The van der Waals surface area contributed by atoms with Crippen molar-refractivity contribution in [1.29, 1.82) is 0 Å². The van der Waals surface area contributed by atoms with Crippen molar-refractivity contribution in [1.82, 2.24) is 0 Å². The molecule has 1 aromatic rings. The van der Waals surface area contributed by atoms with Gasteiger partial charge in [0, 0.05) is 5.56 Å². The molecule has 0 aromatic heterocycles. The van der Waals surface area contributed by atoms with Crippen LogP contribution in [0.15, 0.2) is 24.3 Å². The summed E-state index contributed by atoms with van der Waals surface area (Å²) < 4.78 is 0. The summed E-state index contributed by atoms with van der Waals surface area (Å²) >= 11 is 0. The highest BCUT2D eigenvalue weighted by Gasteiger charge is 2.22. The maximum Gasteiger partial charge on any atom is 0.121 e. The fraction of sp³-hybridized carbons (Fsp3) is 0.667. The highest BCUT2D eigenvalue weighted by molar-refractivity contribution is 5.33. The van der Waals surface area contributed by atoms with Gasteiger partial charge in [0.2, 0.25) is 0 Å². The van der Waals surface area contributed by atoms with E-state index in [1.54, 1.807) is 12.1 Å². The summed E-state index contributed by atoms with van der Waals surface area (Å²) in [5, 5.41) is 20.5. The zero-order valence-corrected chi connectivity index (χ0v) is 13.0. The summed E-state index contributed by atoms with van der Waals surface area (Å²) in [6, 6.07) is 7.18. The molecule has 1 unspecified atom stereocenters. The molecule has 0 aliphatic rings. The fourth-order valence-corrected chi connectivity index (χ4v) is 2.76. The third-order valence-electron chi connectivity index (χ3n) is 4.06. The molecule has 2 nitrogen and oxygen atoms in total. The highest BCUT2D eigenvalue weighted by atomic mass is 16.3. The van der Waals surface area contributed by atoms with Crippen LogP contribution < -0.4 is 0 Å². The van der Waals surface area contributed by atoms with Gasteiger partial charge in [-0.3, -0.25) is 0 Å². The molecule has 1 rings (SSSR count). The highest BCUT2D eigenvalue weighted by Crippen LogP contribution is 2.34. The van der Waals surface area contributed by atoms with E-state index < -0.39 is 6.10 Å².